The van der Waals surface area contributed by atoms with E-state index in [1.54, 1.807) is 12.5 Å². The lowest BCUT2D eigenvalue weighted by atomic mass is 9.95. The number of carbonyl (C=O) groups excluding carboxylic acids is 1. The first kappa shape index (κ1) is 19.9. The minimum absolute atomic E-state index is 0.0341. The number of aryl methyl sites for hydroxylation is 1. The van der Waals surface area contributed by atoms with E-state index < -0.39 is 0 Å². The summed E-state index contributed by atoms with van der Waals surface area (Å²) >= 11 is 0. The van der Waals surface area contributed by atoms with Crippen molar-refractivity contribution in [3.05, 3.63) is 54.9 Å². The first-order valence-electron chi connectivity index (χ1n) is 10.3. The molecule has 0 saturated carbocycles. The van der Waals surface area contributed by atoms with E-state index in [1.807, 2.05) is 54.9 Å². The van der Waals surface area contributed by atoms with Gasteiger partial charge >= 0.3 is 0 Å². The molecule has 3 heterocycles. The van der Waals surface area contributed by atoms with Gasteiger partial charge in [0, 0.05) is 37.5 Å². The maximum atomic E-state index is 12.8. The molecule has 0 spiro atoms. The van der Waals surface area contributed by atoms with E-state index >= 15 is 0 Å². The fourth-order valence-electron chi connectivity index (χ4n) is 3.72. The molecule has 1 amide bonds. The van der Waals surface area contributed by atoms with Gasteiger partial charge in [-0.05, 0) is 38.8 Å². The number of nitrogens with one attached hydrogen (secondary N) is 1. The van der Waals surface area contributed by atoms with Crippen LogP contribution in [0.1, 0.15) is 25.6 Å². The number of aromatic nitrogens is 4. The van der Waals surface area contributed by atoms with Crippen molar-refractivity contribution in [3.8, 4) is 11.6 Å². The lowest BCUT2D eigenvalue weighted by Crippen LogP contribution is -2.38. The summed E-state index contributed by atoms with van der Waals surface area (Å²) in [5.74, 6) is 3.25. The number of carbonyl (C=O) groups is 1. The number of nitrogens with zero attached hydrogens (tertiary/aromatic N) is 5. The Balaban J connectivity index is 1.39. The third-order valence-corrected chi connectivity index (χ3v) is 5.35. The van der Waals surface area contributed by atoms with E-state index in [2.05, 4.69) is 25.2 Å². The Morgan fingerprint density at radius 3 is 2.67 bits per heavy atom. The second-order valence-electron chi connectivity index (χ2n) is 7.26. The molecule has 1 aliphatic rings. The van der Waals surface area contributed by atoms with E-state index in [9.17, 15) is 4.79 Å². The molecule has 3 aromatic rings. The number of benzene rings is 1. The predicted octanol–water partition coefficient (Wildman–Crippen LogP) is 3.22. The molecule has 1 aliphatic heterocycles. The van der Waals surface area contributed by atoms with Gasteiger partial charge in [-0.3, -0.25) is 9.36 Å². The predicted molar refractivity (Wildman–Crippen MR) is 115 cm³/mol. The second-order valence-corrected chi connectivity index (χ2v) is 7.26. The summed E-state index contributed by atoms with van der Waals surface area (Å²) in [5.41, 5.74) is 0.725. The quantitative estimate of drug-likeness (QED) is 0.677. The topological polar surface area (TPSA) is 85.2 Å². The van der Waals surface area contributed by atoms with Crippen LogP contribution in [-0.4, -0.2) is 45.1 Å². The zero-order valence-corrected chi connectivity index (χ0v) is 17.3. The molecule has 1 aromatic carbocycles. The van der Waals surface area contributed by atoms with Gasteiger partial charge in [0.2, 0.25) is 5.91 Å². The lowest BCUT2D eigenvalue weighted by molar-refractivity contribution is -0.120. The van der Waals surface area contributed by atoms with Gasteiger partial charge in [0.15, 0.2) is 0 Å². The number of anilines is 2. The van der Waals surface area contributed by atoms with Crippen LogP contribution in [0.2, 0.25) is 0 Å². The van der Waals surface area contributed by atoms with Crippen molar-refractivity contribution in [3.63, 3.8) is 0 Å². The van der Waals surface area contributed by atoms with Gasteiger partial charge in [0.1, 0.15) is 29.5 Å². The number of hydrogen-bond acceptors (Lipinski definition) is 6. The first-order chi connectivity index (χ1) is 14.7. The third-order valence-electron chi connectivity index (χ3n) is 5.35. The summed E-state index contributed by atoms with van der Waals surface area (Å²) in [5, 5.41) is 3.04. The SMILES string of the molecule is CCOc1ccccc1NC(=O)C1CCN(c2cc(-n3ccnc3C)ncn2)CC1. The molecule has 0 atom stereocenters. The highest BCUT2D eigenvalue weighted by Crippen LogP contribution is 2.27. The van der Waals surface area contributed by atoms with Gasteiger partial charge in [0.05, 0.1) is 12.3 Å². The zero-order chi connectivity index (χ0) is 20.9. The van der Waals surface area contributed by atoms with Gasteiger partial charge in [-0.25, -0.2) is 15.0 Å². The van der Waals surface area contributed by atoms with Gasteiger partial charge < -0.3 is 15.0 Å². The number of imidazole rings is 1. The number of piperidine rings is 1. The summed E-state index contributed by atoms with van der Waals surface area (Å²) in [7, 11) is 0. The summed E-state index contributed by atoms with van der Waals surface area (Å²) in [6, 6.07) is 9.51. The molecule has 30 heavy (non-hydrogen) atoms. The van der Waals surface area contributed by atoms with Crippen LogP contribution in [0.4, 0.5) is 11.5 Å². The van der Waals surface area contributed by atoms with Crippen molar-refractivity contribution >= 4 is 17.4 Å². The van der Waals surface area contributed by atoms with Crippen molar-refractivity contribution in [1.29, 1.82) is 0 Å². The van der Waals surface area contributed by atoms with Crippen LogP contribution in [-0.2, 0) is 4.79 Å². The zero-order valence-electron chi connectivity index (χ0n) is 17.3. The van der Waals surface area contributed by atoms with E-state index in [-0.39, 0.29) is 11.8 Å². The Morgan fingerprint density at radius 2 is 1.93 bits per heavy atom. The lowest BCUT2D eigenvalue weighted by Gasteiger charge is -2.32. The second kappa shape index (κ2) is 8.94. The summed E-state index contributed by atoms with van der Waals surface area (Å²) in [4.78, 5) is 28.0. The van der Waals surface area contributed by atoms with Crippen molar-refractivity contribution in [2.45, 2.75) is 26.7 Å². The molecule has 0 radical (unpaired) electrons. The monoisotopic (exact) mass is 406 g/mol. The minimum atomic E-state index is -0.0341. The highest BCUT2D eigenvalue weighted by molar-refractivity contribution is 5.94. The largest absolute Gasteiger partial charge is 0.492 e. The Kier molecular flexibility index (Phi) is 5.92. The Bertz CT molecular complexity index is 1010. The maximum absolute atomic E-state index is 12.8. The smallest absolute Gasteiger partial charge is 0.227 e. The van der Waals surface area contributed by atoms with Crippen molar-refractivity contribution in [2.24, 2.45) is 5.92 Å². The van der Waals surface area contributed by atoms with Gasteiger partial charge in [-0.2, -0.15) is 0 Å². The normalized spacial score (nSPS) is 14.5. The standard InChI is InChI=1S/C22H26N6O2/c1-3-30-19-7-5-4-6-18(19)26-22(29)17-8-11-27(12-9-17)20-14-21(25-15-24-20)28-13-10-23-16(28)2/h4-7,10,13-15,17H,3,8-9,11-12H2,1-2H3,(H,26,29). The fourth-order valence-corrected chi connectivity index (χ4v) is 3.72. The van der Waals surface area contributed by atoms with Crippen molar-refractivity contribution in [2.75, 3.05) is 29.9 Å². The maximum Gasteiger partial charge on any atom is 0.227 e. The van der Waals surface area contributed by atoms with Gasteiger partial charge in [0.25, 0.3) is 0 Å². The average molecular weight is 406 g/mol. The number of amides is 1. The van der Waals surface area contributed by atoms with E-state index in [0.29, 0.717) is 12.4 Å². The Hall–Kier alpha value is -3.42. The van der Waals surface area contributed by atoms with Gasteiger partial charge in [-0.15, -0.1) is 0 Å². The summed E-state index contributed by atoms with van der Waals surface area (Å²) in [6.45, 7) is 5.97. The number of para-hydroxylation sites is 2. The van der Waals surface area contributed by atoms with Crippen molar-refractivity contribution in [1.82, 2.24) is 19.5 Å². The molecular formula is C22H26N6O2. The van der Waals surface area contributed by atoms with Crippen LogP contribution in [0.3, 0.4) is 0 Å². The third kappa shape index (κ3) is 4.27. The first-order valence-corrected chi connectivity index (χ1v) is 10.3. The van der Waals surface area contributed by atoms with Crippen LogP contribution < -0.4 is 15.0 Å². The molecule has 0 bridgehead atoms. The fraction of sp³-hybridized carbons (Fsp3) is 0.364. The molecule has 8 nitrogen and oxygen atoms in total. The van der Waals surface area contributed by atoms with Gasteiger partial charge in [-0.1, -0.05) is 12.1 Å². The molecule has 0 aliphatic carbocycles. The molecule has 8 heteroatoms. The number of ether oxygens (including phenoxy) is 1. The molecule has 1 saturated heterocycles. The Morgan fingerprint density at radius 1 is 1.17 bits per heavy atom. The molecule has 2 aromatic heterocycles. The van der Waals surface area contributed by atoms with E-state index in [4.69, 9.17) is 4.74 Å². The summed E-state index contributed by atoms with van der Waals surface area (Å²) in [6.07, 6.45) is 6.76. The van der Waals surface area contributed by atoms with Crippen LogP contribution in [0.25, 0.3) is 5.82 Å². The number of rotatable bonds is 6. The van der Waals surface area contributed by atoms with Crippen LogP contribution in [0.15, 0.2) is 49.1 Å². The highest BCUT2D eigenvalue weighted by atomic mass is 16.5. The molecule has 1 fully saturated rings. The molecule has 156 valence electrons. The molecule has 4 rings (SSSR count). The van der Waals surface area contributed by atoms with Crippen molar-refractivity contribution < 1.29 is 9.53 Å². The van der Waals surface area contributed by atoms with Crippen LogP contribution >= 0.6 is 0 Å². The number of hydrogen-bond donors (Lipinski definition) is 1. The highest BCUT2D eigenvalue weighted by Gasteiger charge is 2.26. The molecule has 1 N–H and O–H groups in total. The molecule has 0 unspecified atom stereocenters. The van der Waals surface area contributed by atoms with E-state index in [0.717, 1.165) is 49.1 Å². The average Bonchev–Trinajstić information content (AvgIpc) is 3.21. The minimum Gasteiger partial charge on any atom is -0.492 e. The van der Waals surface area contributed by atoms with Crippen LogP contribution in [0, 0.1) is 12.8 Å². The molecular weight excluding hydrogens is 380 g/mol. The van der Waals surface area contributed by atoms with Crippen LogP contribution in [0.5, 0.6) is 5.75 Å². The van der Waals surface area contributed by atoms with E-state index in [1.165, 1.54) is 0 Å². The summed E-state index contributed by atoms with van der Waals surface area (Å²) < 4.78 is 7.54. The Labute approximate surface area is 175 Å².